The van der Waals surface area contributed by atoms with Crippen LogP contribution < -0.4 is 0 Å². The SMILES string of the molecule is CCC(C(=O)c1ccccc1)N1CCC2CCCCC21. The van der Waals surface area contributed by atoms with Crippen LogP contribution in [-0.2, 0) is 0 Å². The summed E-state index contributed by atoms with van der Waals surface area (Å²) >= 11 is 0. The maximum atomic E-state index is 12.8. The highest BCUT2D eigenvalue weighted by Crippen LogP contribution is 2.38. The summed E-state index contributed by atoms with van der Waals surface area (Å²) in [5.41, 5.74) is 0.874. The smallest absolute Gasteiger partial charge is 0.179 e. The number of fused-ring (bicyclic) bond motifs is 1. The zero-order chi connectivity index (χ0) is 13.9. The molecule has 0 bridgehead atoms. The van der Waals surface area contributed by atoms with Crippen LogP contribution in [-0.4, -0.2) is 29.3 Å². The molecule has 108 valence electrons. The van der Waals surface area contributed by atoms with Crippen LogP contribution in [0.25, 0.3) is 0 Å². The van der Waals surface area contributed by atoms with Crippen LogP contribution in [0, 0.1) is 5.92 Å². The van der Waals surface area contributed by atoms with Gasteiger partial charge in [-0.1, -0.05) is 50.1 Å². The molecular weight excluding hydrogens is 246 g/mol. The van der Waals surface area contributed by atoms with Gasteiger partial charge in [0.05, 0.1) is 6.04 Å². The van der Waals surface area contributed by atoms with Gasteiger partial charge in [-0.3, -0.25) is 9.69 Å². The highest BCUT2D eigenvalue weighted by molar-refractivity contribution is 6.00. The van der Waals surface area contributed by atoms with Gasteiger partial charge in [0.2, 0.25) is 0 Å². The van der Waals surface area contributed by atoms with E-state index < -0.39 is 0 Å². The monoisotopic (exact) mass is 271 g/mol. The van der Waals surface area contributed by atoms with Crippen LogP contribution >= 0.6 is 0 Å². The van der Waals surface area contributed by atoms with Crippen LogP contribution in [0.3, 0.4) is 0 Å². The lowest BCUT2D eigenvalue weighted by atomic mass is 9.84. The first-order chi connectivity index (χ1) is 9.81. The fourth-order valence-electron chi connectivity index (χ4n) is 4.19. The number of carbonyl (C=O) groups is 1. The molecule has 0 radical (unpaired) electrons. The Bertz CT molecular complexity index is 456. The summed E-state index contributed by atoms with van der Waals surface area (Å²) in [6.45, 7) is 3.27. The first kappa shape index (κ1) is 13.8. The average molecular weight is 271 g/mol. The second-order valence-corrected chi connectivity index (χ2v) is 6.29. The molecule has 0 aromatic heterocycles. The van der Waals surface area contributed by atoms with Gasteiger partial charge in [-0.15, -0.1) is 0 Å². The highest BCUT2D eigenvalue weighted by atomic mass is 16.1. The molecular formula is C18H25NO. The Morgan fingerprint density at radius 3 is 2.70 bits per heavy atom. The van der Waals surface area contributed by atoms with Gasteiger partial charge in [-0.2, -0.15) is 0 Å². The van der Waals surface area contributed by atoms with Crippen molar-refractivity contribution in [2.45, 2.75) is 57.5 Å². The van der Waals surface area contributed by atoms with Crippen molar-refractivity contribution in [2.75, 3.05) is 6.54 Å². The van der Waals surface area contributed by atoms with Crippen LogP contribution in [0.1, 0.15) is 55.8 Å². The second kappa shape index (κ2) is 6.09. The number of benzene rings is 1. The molecule has 1 saturated carbocycles. The van der Waals surface area contributed by atoms with Crippen molar-refractivity contribution in [3.8, 4) is 0 Å². The molecule has 0 spiro atoms. The zero-order valence-corrected chi connectivity index (χ0v) is 12.4. The van der Waals surface area contributed by atoms with E-state index in [0.717, 1.165) is 24.4 Å². The third-order valence-corrected chi connectivity index (χ3v) is 5.20. The maximum absolute atomic E-state index is 12.8. The number of hydrogen-bond donors (Lipinski definition) is 0. The van der Waals surface area contributed by atoms with Crippen molar-refractivity contribution in [2.24, 2.45) is 5.92 Å². The Balaban J connectivity index is 1.78. The fraction of sp³-hybridized carbons (Fsp3) is 0.611. The molecule has 3 atom stereocenters. The number of rotatable bonds is 4. The molecule has 0 amide bonds. The summed E-state index contributed by atoms with van der Waals surface area (Å²) in [5.74, 6) is 1.17. The molecule has 2 fully saturated rings. The number of ketones is 1. The molecule has 1 aliphatic heterocycles. The maximum Gasteiger partial charge on any atom is 0.179 e. The van der Waals surface area contributed by atoms with E-state index in [2.05, 4.69) is 11.8 Å². The number of likely N-dealkylation sites (tertiary alicyclic amines) is 1. The van der Waals surface area contributed by atoms with Crippen molar-refractivity contribution < 1.29 is 4.79 Å². The first-order valence-corrected chi connectivity index (χ1v) is 8.16. The second-order valence-electron chi connectivity index (χ2n) is 6.29. The van der Waals surface area contributed by atoms with Crippen LogP contribution in [0.2, 0.25) is 0 Å². The average Bonchev–Trinajstić information content (AvgIpc) is 2.93. The number of nitrogens with zero attached hydrogens (tertiary/aromatic N) is 1. The van der Waals surface area contributed by atoms with Crippen LogP contribution in [0.15, 0.2) is 30.3 Å². The standard InChI is InChI=1S/C18H25NO/c1-2-16(18(20)15-9-4-3-5-10-15)19-13-12-14-8-6-7-11-17(14)19/h3-5,9-10,14,16-17H,2,6-8,11-13H2,1H3. The topological polar surface area (TPSA) is 20.3 Å². The third kappa shape index (κ3) is 2.54. The molecule has 1 aromatic rings. The van der Waals surface area contributed by atoms with E-state index in [1.807, 2.05) is 30.3 Å². The summed E-state index contributed by atoms with van der Waals surface area (Å²) in [6, 6.07) is 10.6. The van der Waals surface area contributed by atoms with E-state index in [1.165, 1.54) is 32.1 Å². The van der Waals surface area contributed by atoms with Crippen molar-refractivity contribution in [3.05, 3.63) is 35.9 Å². The Labute approximate surface area is 122 Å². The van der Waals surface area contributed by atoms with Gasteiger partial charge in [-0.25, -0.2) is 0 Å². The number of Topliss-reactive ketones (excluding diaryl/α,β-unsaturated/α-hetero) is 1. The van der Waals surface area contributed by atoms with Crippen molar-refractivity contribution in [3.63, 3.8) is 0 Å². The largest absolute Gasteiger partial charge is 0.292 e. The van der Waals surface area contributed by atoms with E-state index in [9.17, 15) is 4.79 Å². The molecule has 1 heterocycles. The Kier molecular flexibility index (Phi) is 4.21. The van der Waals surface area contributed by atoms with Gasteiger partial charge < -0.3 is 0 Å². The summed E-state index contributed by atoms with van der Waals surface area (Å²) in [7, 11) is 0. The number of hydrogen-bond acceptors (Lipinski definition) is 2. The molecule has 1 saturated heterocycles. The summed E-state index contributed by atoms with van der Waals surface area (Å²) in [4.78, 5) is 15.3. The summed E-state index contributed by atoms with van der Waals surface area (Å²) in [6.07, 6.45) is 7.62. The molecule has 20 heavy (non-hydrogen) atoms. The minimum absolute atomic E-state index is 0.0884. The summed E-state index contributed by atoms with van der Waals surface area (Å²) in [5, 5.41) is 0. The Morgan fingerprint density at radius 1 is 1.20 bits per heavy atom. The van der Waals surface area contributed by atoms with E-state index in [4.69, 9.17) is 0 Å². The zero-order valence-electron chi connectivity index (χ0n) is 12.4. The van der Waals surface area contributed by atoms with E-state index in [1.54, 1.807) is 0 Å². The Morgan fingerprint density at radius 2 is 1.95 bits per heavy atom. The lowest BCUT2D eigenvalue weighted by molar-refractivity contribution is 0.0734. The summed E-state index contributed by atoms with van der Waals surface area (Å²) < 4.78 is 0. The van der Waals surface area contributed by atoms with E-state index >= 15 is 0 Å². The molecule has 2 nitrogen and oxygen atoms in total. The third-order valence-electron chi connectivity index (χ3n) is 5.20. The minimum Gasteiger partial charge on any atom is -0.292 e. The quantitative estimate of drug-likeness (QED) is 0.774. The lowest BCUT2D eigenvalue weighted by Crippen LogP contribution is -2.45. The molecule has 1 aromatic carbocycles. The first-order valence-electron chi connectivity index (χ1n) is 8.16. The predicted octanol–water partition coefficient (Wildman–Crippen LogP) is 3.91. The van der Waals surface area contributed by atoms with Crippen molar-refractivity contribution in [1.82, 2.24) is 4.90 Å². The fourth-order valence-corrected chi connectivity index (χ4v) is 4.19. The van der Waals surface area contributed by atoms with Gasteiger partial charge in [0.1, 0.15) is 0 Å². The molecule has 3 rings (SSSR count). The molecule has 0 N–H and O–H groups in total. The molecule has 2 heteroatoms. The molecule has 2 aliphatic rings. The van der Waals surface area contributed by atoms with E-state index in [-0.39, 0.29) is 6.04 Å². The van der Waals surface area contributed by atoms with Crippen molar-refractivity contribution in [1.29, 1.82) is 0 Å². The van der Waals surface area contributed by atoms with Gasteiger partial charge in [-0.05, 0) is 38.1 Å². The van der Waals surface area contributed by atoms with Gasteiger partial charge in [0, 0.05) is 11.6 Å². The van der Waals surface area contributed by atoms with Gasteiger partial charge in [0.25, 0.3) is 0 Å². The predicted molar refractivity (Wildman–Crippen MR) is 81.9 cm³/mol. The van der Waals surface area contributed by atoms with Crippen molar-refractivity contribution >= 4 is 5.78 Å². The van der Waals surface area contributed by atoms with Crippen LogP contribution in [0.4, 0.5) is 0 Å². The lowest BCUT2D eigenvalue weighted by Gasteiger charge is -2.36. The van der Waals surface area contributed by atoms with Crippen LogP contribution in [0.5, 0.6) is 0 Å². The Hall–Kier alpha value is -1.15. The molecule has 3 unspecified atom stereocenters. The van der Waals surface area contributed by atoms with Gasteiger partial charge >= 0.3 is 0 Å². The minimum atomic E-state index is 0.0884. The molecule has 1 aliphatic carbocycles. The van der Waals surface area contributed by atoms with E-state index in [0.29, 0.717) is 11.8 Å². The normalized spacial score (nSPS) is 28.1. The number of carbonyl (C=O) groups excluding carboxylic acids is 1. The van der Waals surface area contributed by atoms with Gasteiger partial charge in [0.15, 0.2) is 5.78 Å². The highest BCUT2D eigenvalue weighted by Gasteiger charge is 2.40.